The van der Waals surface area contributed by atoms with Crippen LogP contribution < -0.4 is 4.74 Å². The number of hydrogen-bond acceptors (Lipinski definition) is 4. The molecule has 2 aromatic carbocycles. The summed E-state index contributed by atoms with van der Waals surface area (Å²) < 4.78 is 5.26. The minimum absolute atomic E-state index is 0.830. The zero-order chi connectivity index (χ0) is 19.8. The Kier molecular flexibility index (Phi) is 4.17. The van der Waals surface area contributed by atoms with Crippen molar-refractivity contribution in [2.45, 2.75) is 6.92 Å². The van der Waals surface area contributed by atoms with E-state index < -0.39 is 0 Å². The van der Waals surface area contributed by atoms with Crippen molar-refractivity contribution in [3.63, 3.8) is 0 Å². The van der Waals surface area contributed by atoms with E-state index in [1.54, 1.807) is 7.11 Å². The van der Waals surface area contributed by atoms with Gasteiger partial charge in [-0.1, -0.05) is 30.3 Å². The first-order chi connectivity index (χ1) is 14.2. The summed E-state index contributed by atoms with van der Waals surface area (Å²) in [6.07, 6.45) is 1.87. The molecule has 0 fully saturated rings. The van der Waals surface area contributed by atoms with Crippen LogP contribution >= 0.6 is 0 Å². The van der Waals surface area contributed by atoms with E-state index in [-0.39, 0.29) is 0 Å². The lowest BCUT2D eigenvalue weighted by Gasteiger charge is -2.08. The Morgan fingerprint density at radius 3 is 1.83 bits per heavy atom. The molecule has 0 bridgehead atoms. The molecule has 5 rings (SSSR count). The number of rotatable bonds is 3. The summed E-state index contributed by atoms with van der Waals surface area (Å²) in [5, 5.41) is 2.13. The third kappa shape index (κ3) is 3.19. The molecule has 4 heteroatoms. The number of hydrogen-bond donors (Lipinski definition) is 0. The van der Waals surface area contributed by atoms with E-state index in [9.17, 15) is 0 Å². The Balaban J connectivity index is 1.68. The van der Waals surface area contributed by atoms with Crippen molar-refractivity contribution in [1.82, 2.24) is 15.0 Å². The molecule has 140 valence electrons. The smallest absolute Gasteiger partial charge is 0.118 e. The van der Waals surface area contributed by atoms with Crippen molar-refractivity contribution >= 4 is 21.8 Å². The molecular formula is C25H19N3O. The fourth-order valence-corrected chi connectivity index (χ4v) is 3.45. The molecular weight excluding hydrogens is 358 g/mol. The quantitative estimate of drug-likeness (QED) is 0.371. The summed E-state index contributed by atoms with van der Waals surface area (Å²) in [6, 6.07) is 24.4. The molecule has 4 nitrogen and oxygen atoms in total. The van der Waals surface area contributed by atoms with E-state index in [2.05, 4.69) is 35.3 Å². The van der Waals surface area contributed by atoms with Gasteiger partial charge in [0.25, 0.3) is 0 Å². The number of ether oxygens (including phenoxy) is 1. The van der Waals surface area contributed by atoms with Gasteiger partial charge in [-0.15, -0.1) is 0 Å². The Hall–Kier alpha value is -3.79. The van der Waals surface area contributed by atoms with Crippen molar-refractivity contribution in [2.75, 3.05) is 7.11 Å². The van der Waals surface area contributed by atoms with Gasteiger partial charge in [-0.2, -0.15) is 0 Å². The topological polar surface area (TPSA) is 47.9 Å². The molecule has 0 atom stereocenters. The molecule has 0 aliphatic carbocycles. The van der Waals surface area contributed by atoms with Crippen LogP contribution in [0, 0.1) is 6.92 Å². The van der Waals surface area contributed by atoms with E-state index >= 15 is 0 Å². The maximum Gasteiger partial charge on any atom is 0.118 e. The molecule has 0 aliphatic heterocycles. The largest absolute Gasteiger partial charge is 0.497 e. The summed E-state index contributed by atoms with van der Waals surface area (Å²) in [7, 11) is 1.67. The van der Waals surface area contributed by atoms with E-state index in [4.69, 9.17) is 14.7 Å². The number of methoxy groups -OCH3 is 1. The summed E-state index contributed by atoms with van der Waals surface area (Å²) in [6.45, 7) is 2.03. The third-order valence-electron chi connectivity index (χ3n) is 5.08. The maximum atomic E-state index is 5.26. The fraction of sp³-hybridized carbons (Fsp3) is 0.0800. The highest BCUT2D eigenvalue weighted by molar-refractivity contribution is 6.04. The molecule has 0 unspecified atom stereocenters. The average Bonchev–Trinajstić information content (AvgIpc) is 2.79. The van der Waals surface area contributed by atoms with Crippen LogP contribution in [-0.4, -0.2) is 22.1 Å². The Labute approximate surface area is 168 Å². The second-order valence-electron chi connectivity index (χ2n) is 7.05. The van der Waals surface area contributed by atoms with Crippen LogP contribution in [0.2, 0.25) is 0 Å². The van der Waals surface area contributed by atoms with E-state index in [0.29, 0.717) is 0 Å². The minimum Gasteiger partial charge on any atom is -0.497 e. The summed E-state index contributed by atoms with van der Waals surface area (Å²) in [4.78, 5) is 14.4. The zero-order valence-electron chi connectivity index (χ0n) is 16.3. The molecule has 0 spiro atoms. The van der Waals surface area contributed by atoms with Gasteiger partial charge in [0.15, 0.2) is 0 Å². The van der Waals surface area contributed by atoms with Crippen LogP contribution in [0.25, 0.3) is 44.5 Å². The van der Waals surface area contributed by atoms with Crippen molar-refractivity contribution in [2.24, 2.45) is 0 Å². The second-order valence-corrected chi connectivity index (χ2v) is 7.05. The lowest BCUT2D eigenvalue weighted by molar-refractivity contribution is 0.415. The van der Waals surface area contributed by atoms with Crippen molar-refractivity contribution in [3.05, 3.63) is 84.6 Å². The monoisotopic (exact) mass is 377 g/mol. The van der Waals surface area contributed by atoms with E-state index in [1.165, 1.54) is 0 Å². The summed E-state index contributed by atoms with van der Waals surface area (Å²) in [5.41, 5.74) is 6.57. The van der Waals surface area contributed by atoms with Gasteiger partial charge in [-0.3, -0.25) is 4.98 Å². The van der Waals surface area contributed by atoms with Gasteiger partial charge in [-0.25, -0.2) is 9.97 Å². The number of pyridine rings is 3. The van der Waals surface area contributed by atoms with Gasteiger partial charge in [0.05, 0.1) is 35.2 Å². The number of fused-ring (bicyclic) bond motifs is 3. The first-order valence-electron chi connectivity index (χ1n) is 9.49. The van der Waals surface area contributed by atoms with E-state index in [0.717, 1.165) is 55.8 Å². The first kappa shape index (κ1) is 17.3. The highest BCUT2D eigenvalue weighted by Crippen LogP contribution is 2.28. The van der Waals surface area contributed by atoms with Gasteiger partial charge in [0.2, 0.25) is 0 Å². The van der Waals surface area contributed by atoms with Gasteiger partial charge >= 0.3 is 0 Å². The third-order valence-corrected chi connectivity index (χ3v) is 5.08. The Morgan fingerprint density at radius 1 is 0.621 bits per heavy atom. The normalized spacial score (nSPS) is 11.1. The van der Waals surface area contributed by atoms with Crippen LogP contribution in [-0.2, 0) is 0 Å². The minimum atomic E-state index is 0.830. The summed E-state index contributed by atoms with van der Waals surface area (Å²) >= 11 is 0. The molecule has 0 amide bonds. The van der Waals surface area contributed by atoms with E-state index in [1.807, 2.05) is 55.6 Å². The lowest BCUT2D eigenvalue weighted by Crippen LogP contribution is -1.92. The maximum absolute atomic E-state index is 5.26. The van der Waals surface area contributed by atoms with Gasteiger partial charge < -0.3 is 4.74 Å². The number of aryl methyl sites for hydroxylation is 1. The molecule has 3 heterocycles. The predicted molar refractivity (Wildman–Crippen MR) is 117 cm³/mol. The second kappa shape index (κ2) is 6.99. The van der Waals surface area contributed by atoms with Crippen LogP contribution in [0.3, 0.4) is 0 Å². The average molecular weight is 377 g/mol. The van der Waals surface area contributed by atoms with Crippen LogP contribution in [0.4, 0.5) is 0 Å². The molecule has 5 aromatic rings. The molecule has 29 heavy (non-hydrogen) atoms. The molecule has 0 saturated carbocycles. The van der Waals surface area contributed by atoms with Crippen molar-refractivity contribution in [1.29, 1.82) is 0 Å². The molecule has 0 saturated heterocycles. The van der Waals surface area contributed by atoms with Crippen LogP contribution in [0.5, 0.6) is 5.75 Å². The predicted octanol–water partition coefficient (Wildman–Crippen LogP) is 5.83. The first-order valence-corrected chi connectivity index (χ1v) is 9.49. The van der Waals surface area contributed by atoms with Crippen molar-refractivity contribution in [3.8, 4) is 28.4 Å². The van der Waals surface area contributed by atoms with Gasteiger partial charge in [0.1, 0.15) is 5.75 Å². The number of benzene rings is 2. The molecule has 0 N–H and O–H groups in total. The SMILES string of the molecule is COc1ccc(-c2ccc3ccc4ccc(-c5ccc(C)cn5)nc4c3n2)cc1. The van der Waals surface area contributed by atoms with Gasteiger partial charge in [-0.05, 0) is 55.0 Å². The number of nitrogens with zero attached hydrogens (tertiary/aromatic N) is 3. The Bertz CT molecular complexity index is 1330. The van der Waals surface area contributed by atoms with Crippen molar-refractivity contribution < 1.29 is 4.74 Å². The fourth-order valence-electron chi connectivity index (χ4n) is 3.45. The molecule has 0 radical (unpaired) electrons. The lowest BCUT2D eigenvalue weighted by atomic mass is 10.1. The van der Waals surface area contributed by atoms with Gasteiger partial charge in [0, 0.05) is 22.5 Å². The molecule has 3 aromatic heterocycles. The standard InChI is InChI=1S/C25H19N3O/c1-16-3-12-22(26-15-16)23-14-9-19-5-4-18-8-13-21(27-24(18)25(19)28-23)17-6-10-20(29-2)11-7-17/h3-15H,1-2H3. The zero-order valence-corrected chi connectivity index (χ0v) is 16.3. The number of aromatic nitrogens is 3. The molecule has 0 aliphatic rings. The highest BCUT2D eigenvalue weighted by Gasteiger charge is 2.09. The highest BCUT2D eigenvalue weighted by atomic mass is 16.5. The summed E-state index contributed by atoms with van der Waals surface area (Å²) in [5.74, 6) is 0.830. The van der Waals surface area contributed by atoms with Crippen LogP contribution in [0.15, 0.2) is 79.0 Å². The van der Waals surface area contributed by atoms with Crippen LogP contribution in [0.1, 0.15) is 5.56 Å². The Morgan fingerprint density at radius 2 is 1.21 bits per heavy atom.